The molecule has 0 aliphatic heterocycles. The molecule has 2 saturated carbocycles. The summed E-state index contributed by atoms with van der Waals surface area (Å²) in [4.78, 5) is 25.2. The minimum absolute atomic E-state index is 0.0182. The number of carboxylic acid groups (broad SMARTS) is 1. The number of allylic oxidation sites excluding steroid dienone is 2. The van der Waals surface area contributed by atoms with Crippen LogP contribution in [-0.2, 0) is 9.59 Å². The third kappa shape index (κ3) is 4.16. The molecule has 2 aromatic rings. The lowest BCUT2D eigenvalue weighted by Crippen LogP contribution is -2.41. The van der Waals surface area contributed by atoms with Gasteiger partial charge in [-0.3, -0.25) is 9.59 Å². The maximum atomic E-state index is 13.2. The van der Waals surface area contributed by atoms with Crippen molar-refractivity contribution in [1.29, 1.82) is 0 Å². The van der Waals surface area contributed by atoms with Crippen LogP contribution in [-0.4, -0.2) is 23.5 Å². The number of hydrogen-bond acceptors (Lipinski definition) is 2. The van der Waals surface area contributed by atoms with E-state index in [4.69, 9.17) is 0 Å². The highest BCUT2D eigenvalue weighted by Crippen LogP contribution is 2.57. The predicted octanol–water partition coefficient (Wildman–Crippen LogP) is 5.02. The molecule has 2 N–H and O–H groups in total. The maximum Gasteiger partial charge on any atom is 0.307 e. The zero-order valence-electron chi connectivity index (χ0n) is 18.3. The first-order valence-electron chi connectivity index (χ1n) is 11.3. The second-order valence-corrected chi connectivity index (χ2v) is 9.09. The minimum atomic E-state index is -0.836. The minimum Gasteiger partial charge on any atom is -0.481 e. The number of benzene rings is 2. The van der Waals surface area contributed by atoms with Crippen molar-refractivity contribution in [2.24, 2.45) is 23.7 Å². The molecule has 0 aromatic heterocycles. The van der Waals surface area contributed by atoms with Gasteiger partial charge in [0.2, 0.25) is 5.91 Å². The Labute approximate surface area is 184 Å². The number of aliphatic carboxylic acids is 1. The molecule has 4 rings (SSSR count). The number of carbonyl (C=O) groups is 2. The van der Waals surface area contributed by atoms with Gasteiger partial charge < -0.3 is 10.4 Å². The highest BCUT2D eigenvalue weighted by atomic mass is 16.4. The molecule has 2 fully saturated rings. The number of rotatable bonds is 7. The van der Waals surface area contributed by atoms with E-state index in [1.54, 1.807) is 0 Å². The third-order valence-corrected chi connectivity index (χ3v) is 7.14. The maximum absolute atomic E-state index is 13.2. The largest absolute Gasteiger partial charge is 0.481 e. The number of carboxylic acids is 1. The average molecular weight is 418 g/mol. The summed E-state index contributed by atoms with van der Waals surface area (Å²) >= 11 is 0. The summed E-state index contributed by atoms with van der Waals surface area (Å²) in [6.45, 7) is 4.62. The SMILES string of the molecule is CC(C)=C1[C@H]2CC[C@@H]1[C@@H](C(=O)O)[C@@H]2C(=O)NCCC(c1ccccc1)c1ccccc1. The van der Waals surface area contributed by atoms with Gasteiger partial charge in [0.05, 0.1) is 11.8 Å². The Morgan fingerprint density at radius 1 is 0.903 bits per heavy atom. The van der Waals surface area contributed by atoms with E-state index in [9.17, 15) is 14.7 Å². The lowest BCUT2D eigenvalue weighted by molar-refractivity contribution is -0.149. The standard InChI is InChI=1S/C27H31NO3/c1-17(2)23-21-13-14-22(23)25(27(30)31)24(21)26(29)28-16-15-20(18-9-5-3-6-10-18)19-11-7-4-8-12-19/h3-12,20-22,24-25H,13-16H2,1-2H3,(H,28,29)(H,30,31)/t21-,22+,24-,25-/m1/s1. The fourth-order valence-electron chi connectivity index (χ4n) is 5.96. The zero-order chi connectivity index (χ0) is 22.0. The Hall–Kier alpha value is -2.88. The molecule has 0 radical (unpaired) electrons. The van der Waals surface area contributed by atoms with Crippen LogP contribution >= 0.6 is 0 Å². The molecule has 4 nitrogen and oxygen atoms in total. The summed E-state index contributed by atoms with van der Waals surface area (Å²) in [5.41, 5.74) is 4.84. The summed E-state index contributed by atoms with van der Waals surface area (Å²) in [5, 5.41) is 13.0. The quantitative estimate of drug-likeness (QED) is 0.622. The number of amides is 1. The van der Waals surface area contributed by atoms with E-state index in [-0.39, 0.29) is 23.7 Å². The first kappa shape index (κ1) is 21.4. The van der Waals surface area contributed by atoms with Crippen LogP contribution in [0.5, 0.6) is 0 Å². The van der Waals surface area contributed by atoms with Crippen molar-refractivity contribution in [3.8, 4) is 0 Å². The van der Waals surface area contributed by atoms with Gasteiger partial charge in [-0.25, -0.2) is 0 Å². The third-order valence-electron chi connectivity index (χ3n) is 7.14. The predicted molar refractivity (Wildman–Crippen MR) is 122 cm³/mol. The summed E-state index contributed by atoms with van der Waals surface area (Å²) in [5.74, 6) is -1.70. The summed E-state index contributed by atoms with van der Waals surface area (Å²) in [6, 6.07) is 20.7. The monoisotopic (exact) mass is 417 g/mol. The Balaban J connectivity index is 1.48. The molecule has 31 heavy (non-hydrogen) atoms. The van der Waals surface area contributed by atoms with Crippen molar-refractivity contribution in [1.82, 2.24) is 5.32 Å². The molecule has 2 aliphatic rings. The molecule has 4 heteroatoms. The van der Waals surface area contributed by atoms with Crippen LogP contribution in [0.15, 0.2) is 71.8 Å². The van der Waals surface area contributed by atoms with Crippen LogP contribution in [0.25, 0.3) is 0 Å². The van der Waals surface area contributed by atoms with E-state index >= 15 is 0 Å². The molecular formula is C27H31NO3. The summed E-state index contributed by atoms with van der Waals surface area (Å²) in [6.07, 6.45) is 2.58. The molecule has 1 amide bonds. The fourth-order valence-corrected chi connectivity index (χ4v) is 5.96. The number of nitrogens with one attached hydrogen (secondary N) is 1. The van der Waals surface area contributed by atoms with Crippen molar-refractivity contribution in [3.05, 3.63) is 82.9 Å². The second kappa shape index (κ2) is 9.09. The van der Waals surface area contributed by atoms with Gasteiger partial charge in [0, 0.05) is 12.5 Å². The molecule has 2 aliphatic carbocycles. The van der Waals surface area contributed by atoms with Gasteiger partial charge in [-0.15, -0.1) is 0 Å². The van der Waals surface area contributed by atoms with Gasteiger partial charge in [0.25, 0.3) is 0 Å². The molecule has 162 valence electrons. The molecule has 2 bridgehead atoms. The normalized spacial score (nSPS) is 24.4. The highest BCUT2D eigenvalue weighted by molar-refractivity contribution is 5.87. The van der Waals surface area contributed by atoms with Gasteiger partial charge in [-0.1, -0.05) is 71.8 Å². The van der Waals surface area contributed by atoms with Crippen molar-refractivity contribution < 1.29 is 14.7 Å². The van der Waals surface area contributed by atoms with E-state index in [2.05, 4.69) is 29.6 Å². The zero-order valence-corrected chi connectivity index (χ0v) is 18.3. The van der Waals surface area contributed by atoms with Crippen LogP contribution < -0.4 is 5.32 Å². The topological polar surface area (TPSA) is 66.4 Å². The van der Waals surface area contributed by atoms with Crippen LogP contribution in [0.2, 0.25) is 0 Å². The number of carbonyl (C=O) groups excluding carboxylic acids is 1. The molecule has 0 heterocycles. The van der Waals surface area contributed by atoms with Crippen LogP contribution in [0.4, 0.5) is 0 Å². The molecular weight excluding hydrogens is 386 g/mol. The van der Waals surface area contributed by atoms with Crippen molar-refractivity contribution in [2.75, 3.05) is 6.54 Å². The van der Waals surface area contributed by atoms with Gasteiger partial charge >= 0.3 is 5.97 Å². The van der Waals surface area contributed by atoms with E-state index in [1.165, 1.54) is 22.3 Å². The highest BCUT2D eigenvalue weighted by Gasteiger charge is 2.57. The fraction of sp³-hybridized carbons (Fsp3) is 0.407. The summed E-state index contributed by atoms with van der Waals surface area (Å²) in [7, 11) is 0. The Morgan fingerprint density at radius 2 is 1.42 bits per heavy atom. The van der Waals surface area contributed by atoms with Crippen molar-refractivity contribution in [2.45, 2.75) is 39.0 Å². The Kier molecular flexibility index (Phi) is 6.26. The first-order valence-corrected chi connectivity index (χ1v) is 11.3. The lowest BCUT2D eigenvalue weighted by Gasteiger charge is -2.27. The van der Waals surface area contributed by atoms with Crippen LogP contribution in [0.3, 0.4) is 0 Å². The molecule has 0 unspecified atom stereocenters. The second-order valence-electron chi connectivity index (χ2n) is 9.09. The van der Waals surface area contributed by atoms with Gasteiger partial charge in [0.1, 0.15) is 0 Å². The van der Waals surface area contributed by atoms with E-state index in [0.717, 1.165) is 19.3 Å². The van der Waals surface area contributed by atoms with Gasteiger partial charge in [0.15, 0.2) is 0 Å². The molecule has 0 saturated heterocycles. The molecule has 4 atom stereocenters. The van der Waals surface area contributed by atoms with Gasteiger partial charge in [-0.2, -0.15) is 0 Å². The lowest BCUT2D eigenvalue weighted by atomic mass is 9.78. The van der Waals surface area contributed by atoms with E-state index in [1.807, 2.05) is 50.2 Å². The first-order chi connectivity index (χ1) is 15.0. The summed E-state index contributed by atoms with van der Waals surface area (Å²) < 4.78 is 0. The van der Waals surface area contributed by atoms with Crippen molar-refractivity contribution >= 4 is 11.9 Å². The van der Waals surface area contributed by atoms with Crippen LogP contribution in [0.1, 0.15) is 50.2 Å². The molecule has 0 spiro atoms. The van der Waals surface area contributed by atoms with Crippen LogP contribution in [0, 0.1) is 23.7 Å². The number of fused-ring (bicyclic) bond motifs is 2. The Bertz CT molecular complexity index is 923. The smallest absolute Gasteiger partial charge is 0.307 e. The average Bonchev–Trinajstić information content (AvgIpc) is 3.34. The van der Waals surface area contributed by atoms with E-state index in [0.29, 0.717) is 6.54 Å². The molecule has 2 aromatic carbocycles. The Morgan fingerprint density at radius 3 is 1.90 bits per heavy atom. The van der Waals surface area contributed by atoms with Gasteiger partial charge in [-0.05, 0) is 56.1 Å². The number of hydrogen-bond donors (Lipinski definition) is 2. The van der Waals surface area contributed by atoms with Crippen molar-refractivity contribution in [3.63, 3.8) is 0 Å². The van der Waals surface area contributed by atoms with E-state index < -0.39 is 17.8 Å².